The van der Waals surface area contributed by atoms with Crippen molar-refractivity contribution in [1.29, 1.82) is 0 Å². The first-order valence-electron chi connectivity index (χ1n) is 10.1. The maximum atomic E-state index is 13.1. The zero-order chi connectivity index (χ0) is 21.1. The summed E-state index contributed by atoms with van der Waals surface area (Å²) in [5, 5.41) is 2.31. The maximum Gasteiger partial charge on any atom is 0.252 e. The molecule has 10 heteroatoms. The second-order valence-electron chi connectivity index (χ2n) is 7.74. The Bertz CT molecular complexity index is 1060. The Hall–Kier alpha value is -2.59. The molecule has 0 spiro atoms. The Balaban J connectivity index is 1.62. The average molecular weight is 433 g/mol. The van der Waals surface area contributed by atoms with Crippen LogP contribution in [-0.4, -0.2) is 47.3 Å². The Labute approximate surface area is 174 Å². The highest BCUT2D eigenvalue weighted by Crippen LogP contribution is 2.33. The molecule has 30 heavy (non-hydrogen) atoms. The van der Waals surface area contributed by atoms with Gasteiger partial charge in [-0.3, -0.25) is 14.6 Å². The largest absolute Gasteiger partial charge is 0.381 e. The molecule has 0 unspecified atom stereocenters. The van der Waals surface area contributed by atoms with E-state index in [1.165, 1.54) is 35.4 Å². The predicted molar refractivity (Wildman–Crippen MR) is 109 cm³/mol. The maximum absolute atomic E-state index is 13.1. The van der Waals surface area contributed by atoms with Gasteiger partial charge in [0.05, 0.1) is 16.3 Å². The quantitative estimate of drug-likeness (QED) is 0.705. The predicted octanol–water partition coefficient (Wildman–Crippen LogP) is 1.57. The highest BCUT2D eigenvalue weighted by atomic mass is 32.2. The lowest BCUT2D eigenvalue weighted by atomic mass is 9.92. The van der Waals surface area contributed by atoms with E-state index in [2.05, 4.69) is 15.3 Å². The van der Waals surface area contributed by atoms with Crippen LogP contribution in [0.5, 0.6) is 0 Å². The summed E-state index contributed by atoms with van der Waals surface area (Å²) in [7, 11) is -3.48. The molecule has 2 aromatic heterocycles. The van der Waals surface area contributed by atoms with Crippen LogP contribution >= 0.6 is 0 Å². The van der Waals surface area contributed by atoms with Crippen LogP contribution in [-0.2, 0) is 19.4 Å². The molecule has 1 aliphatic heterocycles. The highest BCUT2D eigenvalue weighted by molar-refractivity contribution is 7.92. The molecule has 0 bridgehead atoms. The van der Waals surface area contributed by atoms with E-state index in [1.807, 2.05) is 0 Å². The number of nitrogens with one attached hydrogen (secondary N) is 1. The number of aromatic nitrogens is 3. The fourth-order valence-electron chi connectivity index (χ4n) is 3.69. The van der Waals surface area contributed by atoms with Crippen molar-refractivity contribution < 1.29 is 17.9 Å². The van der Waals surface area contributed by atoms with Crippen molar-refractivity contribution in [3.63, 3.8) is 0 Å². The van der Waals surface area contributed by atoms with Gasteiger partial charge in [-0.05, 0) is 44.1 Å². The summed E-state index contributed by atoms with van der Waals surface area (Å²) in [5.74, 6) is 0.125. The van der Waals surface area contributed by atoms with Crippen molar-refractivity contribution in [2.75, 3.05) is 18.5 Å². The monoisotopic (exact) mass is 432 g/mol. The molecule has 1 amide bonds. The van der Waals surface area contributed by atoms with E-state index >= 15 is 0 Å². The van der Waals surface area contributed by atoms with Crippen LogP contribution in [0.15, 0.2) is 46.6 Å². The number of carbonyl (C=O) groups is 1. The number of rotatable bonds is 7. The molecular weight excluding hydrogens is 408 g/mol. The molecule has 2 aromatic rings. The van der Waals surface area contributed by atoms with Gasteiger partial charge in [0, 0.05) is 37.9 Å². The SMILES string of the molecule is O=C(Nc1cnccn1)[C@H](CC1CCOCC1)n1ccc(S(=O)(=O)C2CC2)cc1=O. The van der Waals surface area contributed by atoms with E-state index < -0.39 is 26.7 Å². The molecule has 0 aromatic carbocycles. The van der Waals surface area contributed by atoms with Gasteiger partial charge in [-0.25, -0.2) is 13.4 Å². The van der Waals surface area contributed by atoms with E-state index in [1.54, 1.807) is 0 Å². The van der Waals surface area contributed by atoms with Crippen molar-refractivity contribution in [3.05, 3.63) is 47.3 Å². The van der Waals surface area contributed by atoms with Crippen LogP contribution in [0.1, 0.15) is 38.1 Å². The smallest absolute Gasteiger partial charge is 0.252 e. The number of hydrogen-bond acceptors (Lipinski definition) is 7. The summed E-state index contributed by atoms with van der Waals surface area (Å²) in [6, 6.07) is 1.75. The van der Waals surface area contributed by atoms with E-state index in [9.17, 15) is 18.0 Å². The molecule has 9 nitrogen and oxygen atoms in total. The van der Waals surface area contributed by atoms with Crippen LogP contribution in [0.2, 0.25) is 0 Å². The standard InChI is InChI=1S/C20H24N4O5S/c25-19-12-16(30(27,28)15-1-2-15)3-8-24(19)17(11-14-4-9-29-10-5-14)20(26)23-18-13-21-6-7-22-18/h3,6-8,12-15,17H,1-2,4-5,9-11H2,(H,22,23,26)/t17-/m0/s1. The number of hydrogen-bond donors (Lipinski definition) is 1. The summed E-state index contributed by atoms with van der Waals surface area (Å²) in [6.45, 7) is 1.24. The second kappa shape index (κ2) is 8.65. The first kappa shape index (κ1) is 20.7. The van der Waals surface area contributed by atoms with Crippen molar-refractivity contribution in [2.24, 2.45) is 5.92 Å². The Morgan fingerprint density at radius 3 is 2.63 bits per heavy atom. The first-order chi connectivity index (χ1) is 14.4. The van der Waals surface area contributed by atoms with Gasteiger partial charge in [0.2, 0.25) is 5.91 Å². The Morgan fingerprint density at radius 1 is 1.23 bits per heavy atom. The molecule has 1 aliphatic carbocycles. The van der Waals surface area contributed by atoms with E-state index in [-0.39, 0.29) is 16.7 Å². The molecule has 2 aliphatic rings. The molecule has 2 fully saturated rings. The Morgan fingerprint density at radius 2 is 2.00 bits per heavy atom. The van der Waals surface area contributed by atoms with Crippen LogP contribution in [0.25, 0.3) is 0 Å². The van der Waals surface area contributed by atoms with E-state index in [0.717, 1.165) is 18.9 Å². The van der Waals surface area contributed by atoms with Gasteiger partial charge in [-0.2, -0.15) is 0 Å². The summed E-state index contributed by atoms with van der Waals surface area (Å²) in [5.41, 5.74) is -0.511. The van der Waals surface area contributed by atoms with Crippen LogP contribution in [0.3, 0.4) is 0 Å². The summed E-state index contributed by atoms with van der Waals surface area (Å²) < 4.78 is 31.6. The molecule has 3 heterocycles. The fraction of sp³-hybridized carbons (Fsp3) is 0.500. The zero-order valence-corrected chi connectivity index (χ0v) is 17.3. The van der Waals surface area contributed by atoms with Gasteiger partial charge >= 0.3 is 0 Å². The molecule has 1 N–H and O–H groups in total. The van der Waals surface area contributed by atoms with Crippen molar-refractivity contribution >= 4 is 21.6 Å². The van der Waals surface area contributed by atoms with Gasteiger partial charge in [0.1, 0.15) is 6.04 Å². The number of pyridine rings is 1. The van der Waals surface area contributed by atoms with Gasteiger partial charge in [-0.15, -0.1) is 0 Å². The Kier molecular flexibility index (Phi) is 5.96. The van der Waals surface area contributed by atoms with Gasteiger partial charge in [0.15, 0.2) is 15.7 Å². The number of ether oxygens (including phenoxy) is 1. The number of carbonyl (C=O) groups excluding carboxylic acids is 1. The molecule has 1 saturated heterocycles. The summed E-state index contributed by atoms with van der Waals surface area (Å²) in [6.07, 6.45) is 9.11. The third-order valence-corrected chi connectivity index (χ3v) is 7.82. The molecule has 1 atom stereocenters. The lowest BCUT2D eigenvalue weighted by Crippen LogP contribution is -2.35. The van der Waals surface area contributed by atoms with Gasteiger partial charge in [-0.1, -0.05) is 0 Å². The van der Waals surface area contributed by atoms with E-state index in [4.69, 9.17) is 4.74 Å². The fourth-order valence-corrected chi connectivity index (χ4v) is 5.35. The number of nitrogens with zero attached hydrogens (tertiary/aromatic N) is 3. The third kappa shape index (κ3) is 4.59. The molecule has 4 rings (SSSR count). The third-order valence-electron chi connectivity index (χ3n) is 5.56. The average Bonchev–Trinajstić information content (AvgIpc) is 3.60. The summed E-state index contributed by atoms with van der Waals surface area (Å²) in [4.78, 5) is 33.9. The lowest BCUT2D eigenvalue weighted by molar-refractivity contribution is -0.120. The number of amides is 1. The van der Waals surface area contributed by atoms with E-state index in [0.29, 0.717) is 38.3 Å². The molecule has 0 radical (unpaired) electrons. The molecule has 1 saturated carbocycles. The van der Waals surface area contributed by atoms with Crippen LogP contribution in [0.4, 0.5) is 5.82 Å². The van der Waals surface area contributed by atoms with Crippen molar-refractivity contribution in [2.45, 2.75) is 48.3 Å². The normalized spacial score (nSPS) is 18.7. The minimum atomic E-state index is -3.48. The van der Waals surface area contributed by atoms with Gasteiger partial charge in [0.25, 0.3) is 5.56 Å². The lowest BCUT2D eigenvalue weighted by Gasteiger charge is -2.27. The van der Waals surface area contributed by atoms with Crippen LogP contribution in [0, 0.1) is 5.92 Å². The molecular formula is C20H24N4O5S. The summed E-state index contributed by atoms with van der Waals surface area (Å²) >= 11 is 0. The highest BCUT2D eigenvalue weighted by Gasteiger charge is 2.37. The first-order valence-corrected chi connectivity index (χ1v) is 11.6. The van der Waals surface area contributed by atoms with Crippen molar-refractivity contribution in [3.8, 4) is 0 Å². The second-order valence-corrected chi connectivity index (χ2v) is 9.97. The molecule has 160 valence electrons. The number of anilines is 1. The topological polar surface area (TPSA) is 120 Å². The minimum absolute atomic E-state index is 0.0189. The van der Waals surface area contributed by atoms with Crippen molar-refractivity contribution in [1.82, 2.24) is 14.5 Å². The van der Waals surface area contributed by atoms with Gasteiger partial charge < -0.3 is 14.6 Å². The zero-order valence-electron chi connectivity index (χ0n) is 16.4. The minimum Gasteiger partial charge on any atom is -0.381 e. The number of sulfone groups is 1. The van der Waals surface area contributed by atoms with Crippen LogP contribution < -0.4 is 10.9 Å².